The quantitative estimate of drug-likeness (QED) is 0.670. The molecule has 0 radical (unpaired) electrons. The van der Waals surface area contributed by atoms with E-state index in [1.165, 1.54) is 25.3 Å². The van der Waals surface area contributed by atoms with Crippen molar-refractivity contribution in [3.8, 4) is 17.0 Å². The Labute approximate surface area is 107 Å². The van der Waals surface area contributed by atoms with Gasteiger partial charge in [-0.15, -0.1) is 0 Å². The summed E-state index contributed by atoms with van der Waals surface area (Å²) in [5.41, 5.74) is 5.65. The molecule has 19 heavy (non-hydrogen) atoms. The summed E-state index contributed by atoms with van der Waals surface area (Å²) < 4.78 is 4.53. The number of hydrogen-bond acceptors (Lipinski definition) is 6. The van der Waals surface area contributed by atoms with Crippen LogP contribution in [0, 0.1) is 0 Å². The van der Waals surface area contributed by atoms with E-state index in [0.717, 1.165) is 0 Å². The second-order valence-corrected chi connectivity index (χ2v) is 3.61. The molecule has 2 aromatic rings. The van der Waals surface area contributed by atoms with Crippen LogP contribution in [-0.2, 0) is 4.74 Å². The fourth-order valence-electron chi connectivity index (χ4n) is 1.56. The molecule has 0 aliphatic carbocycles. The number of ether oxygens (including phenoxy) is 1. The molecule has 0 aliphatic rings. The number of aromatic hydroxyl groups is 1. The molecule has 1 aromatic heterocycles. The van der Waals surface area contributed by atoms with Crippen molar-refractivity contribution in [3.05, 3.63) is 29.5 Å². The van der Waals surface area contributed by atoms with Crippen LogP contribution in [0.25, 0.3) is 11.3 Å². The zero-order valence-electron chi connectivity index (χ0n) is 9.88. The molecule has 2 rings (SSSR count). The van der Waals surface area contributed by atoms with Crippen LogP contribution < -0.4 is 5.73 Å². The van der Waals surface area contributed by atoms with E-state index >= 15 is 0 Å². The zero-order valence-corrected chi connectivity index (χ0v) is 9.88. The third kappa shape index (κ3) is 2.23. The summed E-state index contributed by atoms with van der Waals surface area (Å²) in [6.45, 7) is 0. The van der Waals surface area contributed by atoms with E-state index in [0.29, 0.717) is 5.56 Å². The van der Waals surface area contributed by atoms with Crippen molar-refractivity contribution in [1.29, 1.82) is 0 Å². The largest absolute Gasteiger partial charge is 0.507 e. The number of nitrogens with one attached hydrogen (secondary N) is 1. The molecule has 0 spiro atoms. The summed E-state index contributed by atoms with van der Waals surface area (Å²) in [4.78, 5) is 22.6. The molecule has 0 aliphatic heterocycles. The van der Waals surface area contributed by atoms with Gasteiger partial charge in [-0.3, -0.25) is 4.79 Å². The van der Waals surface area contributed by atoms with Gasteiger partial charge in [-0.1, -0.05) is 0 Å². The Hall–Kier alpha value is -2.90. The molecule has 0 bridgehead atoms. The molecular weight excluding hydrogens is 252 g/mol. The lowest BCUT2D eigenvalue weighted by Gasteiger charge is -2.05. The number of H-pyrrole nitrogens is 1. The molecular formula is C11H10N4O4. The van der Waals surface area contributed by atoms with Crippen molar-refractivity contribution in [3.63, 3.8) is 0 Å². The second kappa shape index (κ2) is 4.77. The lowest BCUT2D eigenvalue weighted by Crippen LogP contribution is -2.13. The van der Waals surface area contributed by atoms with E-state index in [9.17, 15) is 14.7 Å². The molecule has 0 atom stereocenters. The van der Waals surface area contributed by atoms with E-state index in [1.54, 1.807) is 0 Å². The maximum atomic E-state index is 11.5. The number of amides is 1. The summed E-state index contributed by atoms with van der Waals surface area (Å²) in [6, 6.07) is 4.11. The van der Waals surface area contributed by atoms with Crippen LogP contribution in [0.2, 0.25) is 0 Å². The van der Waals surface area contributed by atoms with E-state index in [2.05, 4.69) is 20.1 Å². The highest BCUT2D eigenvalue weighted by atomic mass is 16.5. The highest BCUT2D eigenvalue weighted by molar-refractivity contribution is 5.98. The third-order valence-corrected chi connectivity index (χ3v) is 2.46. The van der Waals surface area contributed by atoms with Crippen LogP contribution in [0.1, 0.15) is 20.8 Å². The normalized spacial score (nSPS) is 10.2. The smallest absolute Gasteiger partial charge is 0.341 e. The highest BCUT2D eigenvalue weighted by Crippen LogP contribution is 2.26. The van der Waals surface area contributed by atoms with Crippen LogP contribution in [0.5, 0.6) is 5.75 Å². The lowest BCUT2D eigenvalue weighted by molar-refractivity contribution is 0.0597. The number of rotatable bonds is 3. The molecule has 4 N–H and O–H groups in total. The average Bonchev–Trinajstić information content (AvgIpc) is 2.88. The number of phenolic OH excluding ortho intramolecular Hbond substituents is 1. The Kier molecular flexibility index (Phi) is 3.15. The van der Waals surface area contributed by atoms with Crippen LogP contribution in [0.15, 0.2) is 18.2 Å². The Balaban J connectivity index is 2.55. The number of phenols is 1. The minimum Gasteiger partial charge on any atom is -0.507 e. The van der Waals surface area contributed by atoms with Crippen molar-refractivity contribution in [2.24, 2.45) is 5.73 Å². The van der Waals surface area contributed by atoms with Crippen LogP contribution in [-0.4, -0.2) is 39.5 Å². The topological polar surface area (TPSA) is 131 Å². The highest BCUT2D eigenvalue weighted by Gasteiger charge is 2.18. The van der Waals surface area contributed by atoms with Crippen LogP contribution in [0.3, 0.4) is 0 Å². The number of carbonyl (C=O) groups is 2. The number of carbonyl (C=O) groups excluding carboxylic acids is 2. The first kappa shape index (κ1) is 12.6. The van der Waals surface area contributed by atoms with Gasteiger partial charge >= 0.3 is 5.97 Å². The van der Waals surface area contributed by atoms with Crippen molar-refractivity contribution in [1.82, 2.24) is 15.4 Å². The molecule has 1 heterocycles. The Morgan fingerprint density at radius 1 is 1.37 bits per heavy atom. The third-order valence-electron chi connectivity index (χ3n) is 2.46. The van der Waals surface area contributed by atoms with Crippen molar-refractivity contribution < 1.29 is 19.4 Å². The second-order valence-electron chi connectivity index (χ2n) is 3.61. The minimum absolute atomic E-state index is 0.0431. The van der Waals surface area contributed by atoms with Gasteiger partial charge in [0.2, 0.25) is 0 Å². The maximum Gasteiger partial charge on any atom is 0.341 e. The van der Waals surface area contributed by atoms with E-state index < -0.39 is 11.9 Å². The molecule has 0 unspecified atom stereocenters. The molecule has 8 heteroatoms. The van der Waals surface area contributed by atoms with Crippen LogP contribution in [0.4, 0.5) is 0 Å². The predicted octanol–water partition coefficient (Wildman–Crippen LogP) is 0.0628. The number of aromatic amines is 1. The first-order valence-electron chi connectivity index (χ1n) is 5.17. The van der Waals surface area contributed by atoms with Gasteiger partial charge in [0.15, 0.2) is 5.69 Å². The Morgan fingerprint density at radius 3 is 2.74 bits per heavy atom. The number of nitrogens with zero attached hydrogens (tertiary/aromatic N) is 2. The SMILES string of the molecule is COC(=O)c1cc(-c2n[nH]nc2C(N)=O)ccc1O. The van der Waals surface area contributed by atoms with Gasteiger partial charge in [0.25, 0.3) is 5.91 Å². The molecule has 98 valence electrons. The molecule has 0 saturated heterocycles. The van der Waals surface area contributed by atoms with E-state index in [4.69, 9.17) is 5.73 Å². The number of aromatic nitrogens is 3. The monoisotopic (exact) mass is 262 g/mol. The summed E-state index contributed by atoms with van der Waals surface area (Å²) in [6.07, 6.45) is 0. The van der Waals surface area contributed by atoms with Gasteiger partial charge < -0.3 is 15.6 Å². The van der Waals surface area contributed by atoms with Gasteiger partial charge in [-0.25, -0.2) is 4.79 Å². The Morgan fingerprint density at radius 2 is 2.11 bits per heavy atom. The summed E-state index contributed by atoms with van der Waals surface area (Å²) in [7, 11) is 1.19. The van der Waals surface area contributed by atoms with Gasteiger partial charge in [0.05, 0.1) is 7.11 Å². The molecule has 8 nitrogen and oxygen atoms in total. The predicted molar refractivity (Wildman–Crippen MR) is 63.3 cm³/mol. The summed E-state index contributed by atoms with van der Waals surface area (Å²) in [5.74, 6) is -1.69. The lowest BCUT2D eigenvalue weighted by atomic mass is 10.1. The zero-order chi connectivity index (χ0) is 14.0. The number of benzene rings is 1. The standard InChI is InChI=1S/C11H10N4O4/c1-19-11(18)6-4-5(2-3-7(6)16)8-9(10(12)17)14-15-13-8/h2-4,16H,1H3,(H2,12,17)(H,13,14,15). The van der Waals surface area contributed by atoms with E-state index in [1.807, 2.05) is 0 Å². The minimum atomic E-state index is -0.753. The fourth-order valence-corrected chi connectivity index (χ4v) is 1.56. The number of esters is 1. The summed E-state index contributed by atoms with van der Waals surface area (Å²) >= 11 is 0. The van der Waals surface area contributed by atoms with Gasteiger partial charge in [0, 0.05) is 5.56 Å². The van der Waals surface area contributed by atoms with Crippen molar-refractivity contribution in [2.75, 3.05) is 7.11 Å². The van der Waals surface area contributed by atoms with Crippen LogP contribution >= 0.6 is 0 Å². The summed E-state index contributed by atoms with van der Waals surface area (Å²) in [5, 5.41) is 19.3. The first-order chi connectivity index (χ1) is 9.04. The van der Waals surface area contributed by atoms with Gasteiger partial charge in [-0.05, 0) is 18.2 Å². The van der Waals surface area contributed by atoms with Crippen molar-refractivity contribution >= 4 is 11.9 Å². The number of primary amides is 1. The Bertz CT molecular complexity index is 650. The first-order valence-corrected chi connectivity index (χ1v) is 5.17. The fraction of sp³-hybridized carbons (Fsp3) is 0.0909. The maximum absolute atomic E-state index is 11.5. The number of methoxy groups -OCH3 is 1. The average molecular weight is 262 g/mol. The molecule has 0 fully saturated rings. The molecule has 1 aromatic carbocycles. The molecule has 0 saturated carbocycles. The van der Waals surface area contributed by atoms with Gasteiger partial charge in [0.1, 0.15) is 17.0 Å². The van der Waals surface area contributed by atoms with Crippen molar-refractivity contribution in [2.45, 2.75) is 0 Å². The van der Waals surface area contributed by atoms with Gasteiger partial charge in [-0.2, -0.15) is 15.4 Å². The number of hydrogen-bond donors (Lipinski definition) is 3. The van der Waals surface area contributed by atoms with E-state index in [-0.39, 0.29) is 22.7 Å². The number of nitrogens with two attached hydrogens (primary N) is 1. The molecule has 1 amide bonds.